The van der Waals surface area contributed by atoms with E-state index in [0.29, 0.717) is 12.0 Å². The molecule has 9 nitrogen and oxygen atoms in total. The van der Waals surface area contributed by atoms with Crippen LogP contribution >= 0.6 is 0 Å². The summed E-state index contributed by atoms with van der Waals surface area (Å²) in [5, 5.41) is 13.1. The number of carbonyl (C=O) groups excluding carboxylic acids is 4. The Balaban J connectivity index is 1.84. The molecule has 5 rings (SSSR count). The first-order valence-electron chi connectivity index (χ1n) is 14.7. The van der Waals surface area contributed by atoms with Gasteiger partial charge in [0.15, 0.2) is 17.5 Å². The van der Waals surface area contributed by atoms with Crippen LogP contribution in [0.3, 0.4) is 0 Å². The number of benzene rings is 1. The van der Waals surface area contributed by atoms with Crippen LogP contribution in [0.2, 0.25) is 0 Å². The highest BCUT2D eigenvalue weighted by molar-refractivity contribution is 5.95. The van der Waals surface area contributed by atoms with E-state index in [2.05, 4.69) is 0 Å². The molecule has 1 N–H and O–H groups in total. The van der Waals surface area contributed by atoms with Gasteiger partial charge >= 0.3 is 17.9 Å². The first-order chi connectivity index (χ1) is 19.5. The Morgan fingerprint density at radius 1 is 1.00 bits per heavy atom. The molecule has 1 heterocycles. The van der Waals surface area contributed by atoms with Crippen molar-refractivity contribution in [3.63, 3.8) is 0 Å². The van der Waals surface area contributed by atoms with Gasteiger partial charge in [0.1, 0.15) is 17.8 Å². The van der Waals surface area contributed by atoms with Gasteiger partial charge < -0.3 is 24.1 Å². The van der Waals surface area contributed by atoms with Gasteiger partial charge in [-0.3, -0.25) is 14.4 Å². The highest BCUT2D eigenvalue weighted by Crippen LogP contribution is 2.65. The highest BCUT2D eigenvalue weighted by Gasteiger charge is 2.77. The zero-order valence-electron chi connectivity index (χ0n) is 25.7. The first kappa shape index (κ1) is 30.4. The van der Waals surface area contributed by atoms with Gasteiger partial charge in [0.2, 0.25) is 0 Å². The second-order valence-corrected chi connectivity index (χ2v) is 13.5. The standard InChI is InChI=1S/C33H42O9/c1-17-15-33(38)28(41-29(37)22-12-10-9-11-13-22)26-31(8,18(2)14-23-32(26,16-39-23)42-21(5)35)27(36)25(40-20(4)34)24(19(17)3)30(33,6)7/h9-13,17-18,23,25-26,28,38H,14-16H2,1-8H3/t17-,18-,23+,25+,26?,28-,31+,32-,33+/m0/s1. The number of Topliss-reactive ketones (excluding diaryl/α,β-unsaturated/α-hetero) is 1. The Bertz CT molecular complexity index is 1350. The number of ether oxygens (including phenoxy) is 4. The summed E-state index contributed by atoms with van der Waals surface area (Å²) in [5.74, 6) is -3.85. The maximum Gasteiger partial charge on any atom is 0.338 e. The van der Waals surface area contributed by atoms with E-state index >= 15 is 4.79 Å². The largest absolute Gasteiger partial charge is 0.455 e. The maximum atomic E-state index is 15.0. The normalized spacial score (nSPS) is 40.4. The lowest BCUT2D eigenvalue weighted by molar-refractivity contribution is -0.340. The molecular formula is C33H42O9. The summed E-state index contributed by atoms with van der Waals surface area (Å²) >= 11 is 0. The van der Waals surface area contributed by atoms with Crippen molar-refractivity contribution in [1.82, 2.24) is 0 Å². The van der Waals surface area contributed by atoms with Crippen LogP contribution in [0, 0.1) is 28.6 Å². The summed E-state index contributed by atoms with van der Waals surface area (Å²) in [6, 6.07) is 8.47. The van der Waals surface area contributed by atoms with Gasteiger partial charge in [0.05, 0.1) is 18.1 Å². The monoisotopic (exact) mass is 582 g/mol. The molecule has 0 radical (unpaired) electrons. The smallest absolute Gasteiger partial charge is 0.338 e. The molecule has 9 heteroatoms. The molecule has 3 aliphatic carbocycles. The van der Waals surface area contributed by atoms with E-state index in [0.717, 1.165) is 5.57 Å². The first-order valence-corrected chi connectivity index (χ1v) is 14.7. The Morgan fingerprint density at radius 3 is 2.19 bits per heavy atom. The van der Waals surface area contributed by atoms with Crippen molar-refractivity contribution in [1.29, 1.82) is 0 Å². The molecule has 1 aromatic carbocycles. The molecule has 1 aliphatic heterocycles. The number of carbonyl (C=O) groups is 4. The number of rotatable bonds is 4. The molecule has 0 spiro atoms. The number of fused-ring (bicyclic) bond motifs is 5. The molecule has 42 heavy (non-hydrogen) atoms. The predicted molar refractivity (Wildman–Crippen MR) is 151 cm³/mol. The number of ketones is 1. The fourth-order valence-corrected chi connectivity index (χ4v) is 8.46. The Morgan fingerprint density at radius 2 is 1.64 bits per heavy atom. The van der Waals surface area contributed by atoms with Crippen molar-refractivity contribution < 1.29 is 43.2 Å². The minimum absolute atomic E-state index is 0.0249. The van der Waals surface area contributed by atoms with Crippen molar-refractivity contribution in [2.45, 2.75) is 97.7 Å². The molecule has 1 unspecified atom stereocenters. The third kappa shape index (κ3) is 4.10. The summed E-state index contributed by atoms with van der Waals surface area (Å²) in [7, 11) is 0. The van der Waals surface area contributed by atoms with Crippen molar-refractivity contribution in [2.24, 2.45) is 28.6 Å². The topological polar surface area (TPSA) is 125 Å². The molecule has 9 atom stereocenters. The number of aliphatic hydroxyl groups is 1. The number of hydrogen-bond donors (Lipinski definition) is 1. The summed E-state index contributed by atoms with van der Waals surface area (Å²) in [5.41, 5.74) is -3.99. The van der Waals surface area contributed by atoms with Crippen LogP contribution in [0.1, 0.15) is 78.6 Å². The molecule has 3 fully saturated rings. The SMILES string of the molecule is CC(=O)O[C@H]1C(=O)[C@@]2(C)C([C@H](OC(=O)c3ccccc3)[C@]3(O)C[C@H](C)C(C)=C1C3(C)C)[C@]1(OC(C)=O)CO[C@@H]1C[C@@H]2C. The van der Waals surface area contributed by atoms with Gasteiger partial charge in [0.25, 0.3) is 0 Å². The predicted octanol–water partition coefficient (Wildman–Crippen LogP) is 4.20. The lowest BCUT2D eigenvalue weighted by Gasteiger charge is -2.68. The number of allylic oxidation sites excluding steroid dienone is 1. The zero-order chi connectivity index (χ0) is 31.0. The third-order valence-corrected chi connectivity index (χ3v) is 11.0. The Hall–Kier alpha value is -3.04. The molecule has 1 saturated heterocycles. The number of hydrogen-bond acceptors (Lipinski definition) is 9. The van der Waals surface area contributed by atoms with E-state index in [1.165, 1.54) is 13.8 Å². The van der Waals surface area contributed by atoms with E-state index in [1.807, 2.05) is 20.8 Å². The summed E-state index contributed by atoms with van der Waals surface area (Å²) in [6.45, 7) is 13.6. The molecule has 1 aromatic rings. The molecular weight excluding hydrogens is 540 g/mol. The Labute approximate surface area is 246 Å². The average Bonchev–Trinajstić information content (AvgIpc) is 2.90. The Kier molecular flexibility index (Phi) is 7.25. The molecule has 2 saturated carbocycles. The van der Waals surface area contributed by atoms with Crippen molar-refractivity contribution in [2.75, 3.05) is 6.61 Å². The average molecular weight is 583 g/mol. The molecule has 0 amide bonds. The second-order valence-electron chi connectivity index (χ2n) is 13.5. The second kappa shape index (κ2) is 10.0. The van der Waals surface area contributed by atoms with Gasteiger partial charge in [-0.15, -0.1) is 0 Å². The molecule has 0 aromatic heterocycles. The van der Waals surface area contributed by atoms with Crippen molar-refractivity contribution in [3.05, 3.63) is 47.0 Å². The van der Waals surface area contributed by atoms with Gasteiger partial charge in [0, 0.05) is 24.7 Å². The summed E-state index contributed by atoms with van der Waals surface area (Å²) < 4.78 is 24.3. The van der Waals surface area contributed by atoms with Crippen LogP contribution < -0.4 is 0 Å². The lowest BCUT2D eigenvalue weighted by atomic mass is 9.43. The van der Waals surface area contributed by atoms with Crippen LogP contribution in [-0.4, -0.2) is 64.9 Å². The number of esters is 3. The van der Waals surface area contributed by atoms with Crippen LogP contribution in [0.25, 0.3) is 0 Å². The van der Waals surface area contributed by atoms with Crippen LogP contribution in [-0.2, 0) is 33.3 Å². The third-order valence-electron chi connectivity index (χ3n) is 11.0. The fourth-order valence-electron chi connectivity index (χ4n) is 8.46. The summed E-state index contributed by atoms with van der Waals surface area (Å²) in [4.78, 5) is 54.0. The van der Waals surface area contributed by atoms with Crippen LogP contribution in [0.4, 0.5) is 0 Å². The quantitative estimate of drug-likeness (QED) is 0.316. The van der Waals surface area contributed by atoms with E-state index in [4.69, 9.17) is 18.9 Å². The molecule has 228 valence electrons. The minimum Gasteiger partial charge on any atom is -0.455 e. The van der Waals surface area contributed by atoms with E-state index < -0.39 is 64.2 Å². The maximum absolute atomic E-state index is 15.0. The van der Waals surface area contributed by atoms with Gasteiger partial charge in [-0.25, -0.2) is 4.79 Å². The van der Waals surface area contributed by atoms with Gasteiger partial charge in [-0.1, -0.05) is 58.4 Å². The van der Waals surface area contributed by atoms with Crippen molar-refractivity contribution >= 4 is 23.7 Å². The molecule has 4 aliphatic rings. The van der Waals surface area contributed by atoms with E-state index in [9.17, 15) is 19.5 Å². The van der Waals surface area contributed by atoms with Gasteiger partial charge in [-0.05, 0) is 49.3 Å². The zero-order valence-corrected chi connectivity index (χ0v) is 25.7. The van der Waals surface area contributed by atoms with Crippen LogP contribution in [0.15, 0.2) is 41.5 Å². The van der Waals surface area contributed by atoms with E-state index in [1.54, 1.807) is 51.1 Å². The molecule has 2 bridgehead atoms. The summed E-state index contributed by atoms with van der Waals surface area (Å²) in [6.07, 6.45) is -2.55. The van der Waals surface area contributed by atoms with E-state index in [-0.39, 0.29) is 36.2 Å². The minimum atomic E-state index is -1.75. The highest BCUT2D eigenvalue weighted by atomic mass is 16.6. The van der Waals surface area contributed by atoms with Crippen LogP contribution in [0.5, 0.6) is 0 Å². The van der Waals surface area contributed by atoms with Crippen molar-refractivity contribution in [3.8, 4) is 0 Å². The van der Waals surface area contributed by atoms with Gasteiger partial charge in [-0.2, -0.15) is 0 Å². The lowest BCUT2D eigenvalue weighted by Crippen LogP contribution is -2.80. The fraction of sp³-hybridized carbons (Fsp3) is 0.636.